The predicted molar refractivity (Wildman–Crippen MR) is 72.5 cm³/mol. The van der Waals surface area contributed by atoms with E-state index in [1.54, 1.807) is 0 Å². The normalized spacial score (nSPS) is 17.8. The fraction of sp³-hybridized carbons (Fsp3) is 0.538. The van der Waals surface area contributed by atoms with Crippen molar-refractivity contribution in [2.75, 3.05) is 32.8 Å². The largest absolute Gasteiger partial charge is 0.396 e. The van der Waals surface area contributed by atoms with Crippen LogP contribution < -0.4 is 5.32 Å². The number of aliphatic hydroxyl groups excluding tert-OH is 1. The smallest absolute Gasteiger partial charge is 0.128 e. The molecule has 1 saturated heterocycles. The Morgan fingerprint density at radius 3 is 2.58 bits per heavy atom. The number of benzene rings is 1. The van der Waals surface area contributed by atoms with Gasteiger partial charge in [0.2, 0.25) is 0 Å². The first-order valence-corrected chi connectivity index (χ1v) is 6.23. The van der Waals surface area contributed by atoms with E-state index in [9.17, 15) is 8.78 Å². The van der Waals surface area contributed by atoms with E-state index in [0.717, 1.165) is 38.3 Å². The zero-order valence-corrected chi connectivity index (χ0v) is 11.4. The van der Waals surface area contributed by atoms with Gasteiger partial charge in [0, 0.05) is 44.4 Å². The van der Waals surface area contributed by atoms with Gasteiger partial charge in [-0.25, -0.2) is 8.78 Å². The lowest BCUT2D eigenvalue weighted by Gasteiger charge is -2.35. The summed E-state index contributed by atoms with van der Waals surface area (Å²) < 4.78 is 27.1. The van der Waals surface area contributed by atoms with Crippen LogP contribution in [-0.2, 0) is 0 Å². The summed E-state index contributed by atoms with van der Waals surface area (Å²) in [4.78, 5) is 2.09. The minimum atomic E-state index is -0.440. The third kappa shape index (κ3) is 4.11. The molecule has 0 amide bonds. The Labute approximate surface area is 118 Å². The molecule has 1 aliphatic rings. The van der Waals surface area contributed by atoms with Gasteiger partial charge in [-0.15, -0.1) is 12.4 Å². The molecule has 2 N–H and O–H groups in total. The lowest BCUT2D eigenvalue weighted by atomic mass is 10.0. The van der Waals surface area contributed by atoms with E-state index in [0.29, 0.717) is 12.0 Å². The van der Waals surface area contributed by atoms with Gasteiger partial charge >= 0.3 is 0 Å². The molecular formula is C13H19ClF2N2O. The molecule has 1 aromatic rings. The van der Waals surface area contributed by atoms with Gasteiger partial charge < -0.3 is 10.4 Å². The molecule has 0 aromatic heterocycles. The zero-order valence-electron chi connectivity index (χ0n) is 10.6. The molecule has 0 unspecified atom stereocenters. The number of hydrogen-bond donors (Lipinski definition) is 2. The van der Waals surface area contributed by atoms with Gasteiger partial charge in [0.25, 0.3) is 0 Å². The highest BCUT2D eigenvalue weighted by atomic mass is 35.5. The monoisotopic (exact) mass is 292 g/mol. The molecule has 1 heterocycles. The summed E-state index contributed by atoms with van der Waals surface area (Å²) in [6.45, 7) is 3.18. The van der Waals surface area contributed by atoms with Crippen LogP contribution in [0.4, 0.5) is 8.78 Å². The second-order valence-electron chi connectivity index (χ2n) is 4.48. The molecular weight excluding hydrogens is 274 g/mol. The highest BCUT2D eigenvalue weighted by Crippen LogP contribution is 2.27. The number of aliphatic hydroxyl groups is 1. The van der Waals surface area contributed by atoms with Crippen LogP contribution in [0.15, 0.2) is 18.2 Å². The minimum Gasteiger partial charge on any atom is -0.396 e. The van der Waals surface area contributed by atoms with E-state index in [1.807, 2.05) is 0 Å². The lowest BCUT2D eigenvalue weighted by Crippen LogP contribution is -2.45. The van der Waals surface area contributed by atoms with Crippen LogP contribution in [-0.4, -0.2) is 42.8 Å². The van der Waals surface area contributed by atoms with E-state index in [-0.39, 0.29) is 25.1 Å². The van der Waals surface area contributed by atoms with Crippen molar-refractivity contribution in [3.05, 3.63) is 35.4 Å². The van der Waals surface area contributed by atoms with E-state index in [2.05, 4.69) is 10.2 Å². The molecule has 1 aliphatic heterocycles. The molecule has 1 fully saturated rings. The van der Waals surface area contributed by atoms with Crippen molar-refractivity contribution >= 4 is 12.4 Å². The Morgan fingerprint density at radius 2 is 1.95 bits per heavy atom. The van der Waals surface area contributed by atoms with Crippen LogP contribution >= 0.6 is 12.4 Å². The molecule has 1 atom stereocenters. The van der Waals surface area contributed by atoms with Gasteiger partial charge in [-0.05, 0) is 24.6 Å². The number of piperazine rings is 1. The van der Waals surface area contributed by atoms with E-state index >= 15 is 0 Å². The predicted octanol–water partition coefficient (Wildman–Crippen LogP) is 1.72. The maximum Gasteiger partial charge on any atom is 0.128 e. The van der Waals surface area contributed by atoms with Crippen LogP contribution in [0.2, 0.25) is 0 Å². The summed E-state index contributed by atoms with van der Waals surface area (Å²) in [7, 11) is 0. The van der Waals surface area contributed by atoms with E-state index in [4.69, 9.17) is 5.11 Å². The number of hydrogen-bond acceptors (Lipinski definition) is 3. The summed E-state index contributed by atoms with van der Waals surface area (Å²) in [5.41, 5.74) is 0.339. The number of halogens is 3. The molecule has 1 aromatic carbocycles. The van der Waals surface area contributed by atoms with Gasteiger partial charge in [-0.1, -0.05) is 0 Å². The van der Waals surface area contributed by atoms with Crippen molar-refractivity contribution in [1.29, 1.82) is 0 Å². The maximum absolute atomic E-state index is 13.8. The Bertz CT molecular complexity index is 400. The molecule has 0 saturated carbocycles. The molecule has 19 heavy (non-hydrogen) atoms. The third-order valence-corrected chi connectivity index (χ3v) is 3.31. The quantitative estimate of drug-likeness (QED) is 0.887. The van der Waals surface area contributed by atoms with Crippen molar-refractivity contribution in [2.45, 2.75) is 12.5 Å². The summed E-state index contributed by atoms with van der Waals surface area (Å²) in [5.74, 6) is -0.849. The van der Waals surface area contributed by atoms with Crippen LogP contribution in [0.5, 0.6) is 0 Å². The van der Waals surface area contributed by atoms with Gasteiger partial charge in [-0.2, -0.15) is 0 Å². The van der Waals surface area contributed by atoms with Crippen LogP contribution in [0.3, 0.4) is 0 Å². The first-order valence-electron chi connectivity index (χ1n) is 6.23. The molecule has 6 heteroatoms. The highest BCUT2D eigenvalue weighted by Gasteiger charge is 2.24. The van der Waals surface area contributed by atoms with Gasteiger partial charge in [0.05, 0.1) is 0 Å². The van der Waals surface area contributed by atoms with Crippen molar-refractivity contribution in [2.24, 2.45) is 0 Å². The molecule has 2 rings (SSSR count). The molecule has 0 spiro atoms. The van der Waals surface area contributed by atoms with E-state index < -0.39 is 11.6 Å². The second-order valence-corrected chi connectivity index (χ2v) is 4.48. The SMILES string of the molecule is Cl.OCC[C@@H](c1cc(F)ccc1F)N1CCNCC1. The molecule has 108 valence electrons. The second kappa shape index (κ2) is 7.75. The highest BCUT2D eigenvalue weighted by molar-refractivity contribution is 5.85. The fourth-order valence-electron chi connectivity index (χ4n) is 2.42. The maximum atomic E-state index is 13.8. The topological polar surface area (TPSA) is 35.5 Å². The number of rotatable bonds is 4. The van der Waals surface area contributed by atoms with Crippen molar-refractivity contribution < 1.29 is 13.9 Å². The fourth-order valence-corrected chi connectivity index (χ4v) is 2.42. The van der Waals surface area contributed by atoms with Gasteiger partial charge in [-0.3, -0.25) is 4.90 Å². The number of nitrogens with zero attached hydrogens (tertiary/aromatic N) is 1. The minimum absolute atomic E-state index is 0. The van der Waals surface area contributed by atoms with Crippen molar-refractivity contribution in [3.8, 4) is 0 Å². The standard InChI is InChI=1S/C13H18F2N2O.ClH/c14-10-1-2-12(15)11(9-10)13(3-8-18)17-6-4-16-5-7-17;/h1-2,9,13,16,18H,3-8H2;1H/t13-;/m0./s1. The molecule has 0 radical (unpaired) electrons. The summed E-state index contributed by atoms with van der Waals surface area (Å²) >= 11 is 0. The third-order valence-electron chi connectivity index (χ3n) is 3.31. The summed E-state index contributed by atoms with van der Waals surface area (Å²) in [6, 6.07) is 3.24. The first-order chi connectivity index (χ1) is 8.72. The molecule has 3 nitrogen and oxygen atoms in total. The average Bonchev–Trinajstić information content (AvgIpc) is 2.40. The average molecular weight is 293 g/mol. The Morgan fingerprint density at radius 1 is 1.26 bits per heavy atom. The zero-order chi connectivity index (χ0) is 13.0. The first kappa shape index (κ1) is 16.3. The van der Waals surface area contributed by atoms with Gasteiger partial charge in [0.15, 0.2) is 0 Å². The van der Waals surface area contributed by atoms with Crippen LogP contribution in [0.1, 0.15) is 18.0 Å². The number of nitrogens with one attached hydrogen (secondary N) is 1. The van der Waals surface area contributed by atoms with Crippen LogP contribution in [0, 0.1) is 11.6 Å². The van der Waals surface area contributed by atoms with Gasteiger partial charge in [0.1, 0.15) is 11.6 Å². The Balaban J connectivity index is 0.00000180. The Kier molecular flexibility index (Phi) is 6.65. The summed E-state index contributed by atoms with van der Waals surface area (Å²) in [6.07, 6.45) is 0.417. The molecule has 0 aliphatic carbocycles. The summed E-state index contributed by atoms with van der Waals surface area (Å²) in [5, 5.41) is 12.3. The van der Waals surface area contributed by atoms with E-state index in [1.165, 1.54) is 6.07 Å². The Hall–Kier alpha value is -0.750. The van der Waals surface area contributed by atoms with Crippen molar-refractivity contribution in [3.63, 3.8) is 0 Å². The molecule has 0 bridgehead atoms. The van der Waals surface area contributed by atoms with Crippen LogP contribution in [0.25, 0.3) is 0 Å². The lowest BCUT2D eigenvalue weighted by molar-refractivity contribution is 0.138. The van der Waals surface area contributed by atoms with Crippen molar-refractivity contribution in [1.82, 2.24) is 10.2 Å².